The number of carbonyl (C=O) groups is 1. The highest BCUT2D eigenvalue weighted by molar-refractivity contribution is 5.85. The molecule has 5 nitrogen and oxygen atoms in total. The fourth-order valence-electron chi connectivity index (χ4n) is 2.29. The highest BCUT2D eigenvalue weighted by atomic mass is 16.2. The molecule has 1 aliphatic heterocycles. The zero-order chi connectivity index (χ0) is 14.5. The van der Waals surface area contributed by atoms with Gasteiger partial charge in [-0.3, -0.25) is 4.79 Å². The van der Waals surface area contributed by atoms with Crippen molar-refractivity contribution in [3.05, 3.63) is 23.9 Å². The highest BCUT2D eigenvalue weighted by Crippen LogP contribution is 2.16. The molecule has 0 aromatic carbocycles. The number of pyridine rings is 1. The van der Waals surface area contributed by atoms with Gasteiger partial charge >= 0.3 is 0 Å². The normalized spacial score (nSPS) is 19.3. The third-order valence-corrected chi connectivity index (χ3v) is 3.48. The van der Waals surface area contributed by atoms with Gasteiger partial charge in [-0.1, -0.05) is 19.9 Å². The van der Waals surface area contributed by atoms with Crippen LogP contribution in [0.3, 0.4) is 0 Å². The van der Waals surface area contributed by atoms with Gasteiger partial charge in [-0.25, -0.2) is 4.98 Å². The number of rotatable bonds is 5. The second-order valence-corrected chi connectivity index (χ2v) is 5.71. The summed E-state index contributed by atoms with van der Waals surface area (Å²) < 4.78 is 0. The smallest absolute Gasteiger partial charge is 0.242 e. The van der Waals surface area contributed by atoms with E-state index in [1.54, 1.807) is 0 Å². The molecule has 1 fully saturated rings. The molecular formula is C15H24N4O. The zero-order valence-corrected chi connectivity index (χ0v) is 12.5. The molecule has 1 aliphatic rings. The van der Waals surface area contributed by atoms with Crippen molar-refractivity contribution in [1.82, 2.24) is 15.6 Å². The second kappa shape index (κ2) is 6.70. The number of hydrogen-bond donors (Lipinski definition) is 2. The van der Waals surface area contributed by atoms with Crippen molar-refractivity contribution in [2.75, 3.05) is 24.5 Å². The molecule has 1 unspecified atom stereocenters. The van der Waals surface area contributed by atoms with Crippen LogP contribution < -0.4 is 15.5 Å². The second-order valence-electron chi connectivity index (χ2n) is 5.71. The fraction of sp³-hybridized carbons (Fsp3) is 0.600. The Balaban J connectivity index is 1.95. The molecule has 2 heterocycles. The number of hydrogen-bond acceptors (Lipinski definition) is 4. The summed E-state index contributed by atoms with van der Waals surface area (Å²) in [5.74, 6) is 1.59. The summed E-state index contributed by atoms with van der Waals surface area (Å²) in [7, 11) is 0. The van der Waals surface area contributed by atoms with E-state index in [4.69, 9.17) is 0 Å². The predicted molar refractivity (Wildman–Crippen MR) is 80.6 cm³/mol. The Morgan fingerprint density at radius 1 is 1.50 bits per heavy atom. The van der Waals surface area contributed by atoms with Crippen molar-refractivity contribution in [2.45, 2.75) is 33.4 Å². The molecule has 2 N–H and O–H groups in total. The van der Waals surface area contributed by atoms with E-state index < -0.39 is 0 Å². The average Bonchev–Trinajstić information content (AvgIpc) is 2.42. The van der Waals surface area contributed by atoms with Crippen LogP contribution in [0.4, 0.5) is 5.82 Å². The summed E-state index contributed by atoms with van der Waals surface area (Å²) in [6.07, 6.45) is 1.89. The number of amides is 1. The van der Waals surface area contributed by atoms with Crippen LogP contribution in [-0.2, 0) is 11.3 Å². The third-order valence-electron chi connectivity index (χ3n) is 3.48. The van der Waals surface area contributed by atoms with Crippen molar-refractivity contribution >= 4 is 11.7 Å². The maximum absolute atomic E-state index is 11.7. The third kappa shape index (κ3) is 3.70. The maximum atomic E-state index is 11.7. The number of aromatic nitrogens is 1. The van der Waals surface area contributed by atoms with Crippen molar-refractivity contribution in [2.24, 2.45) is 5.92 Å². The molecule has 1 aromatic rings. The van der Waals surface area contributed by atoms with Crippen LogP contribution in [0.15, 0.2) is 18.3 Å². The van der Waals surface area contributed by atoms with E-state index >= 15 is 0 Å². The lowest BCUT2D eigenvalue weighted by molar-refractivity contribution is -0.122. The first-order valence-electron chi connectivity index (χ1n) is 7.28. The number of piperazine rings is 1. The largest absolute Gasteiger partial charge is 0.353 e. The van der Waals surface area contributed by atoms with Crippen LogP contribution in [0.5, 0.6) is 0 Å². The lowest BCUT2D eigenvalue weighted by atomic mass is 10.2. The van der Waals surface area contributed by atoms with Gasteiger partial charge < -0.3 is 15.5 Å². The first-order valence-corrected chi connectivity index (χ1v) is 7.28. The Morgan fingerprint density at radius 2 is 2.30 bits per heavy atom. The van der Waals surface area contributed by atoms with E-state index in [0.717, 1.165) is 25.5 Å². The van der Waals surface area contributed by atoms with E-state index in [0.29, 0.717) is 12.5 Å². The molecular weight excluding hydrogens is 252 g/mol. The van der Waals surface area contributed by atoms with Gasteiger partial charge in [0.1, 0.15) is 11.9 Å². The molecule has 1 saturated heterocycles. The zero-order valence-electron chi connectivity index (χ0n) is 12.5. The van der Waals surface area contributed by atoms with Crippen LogP contribution >= 0.6 is 0 Å². The Kier molecular flexibility index (Phi) is 4.95. The van der Waals surface area contributed by atoms with Crippen molar-refractivity contribution < 1.29 is 4.79 Å². The Hall–Kier alpha value is -1.62. The van der Waals surface area contributed by atoms with Crippen molar-refractivity contribution in [3.8, 4) is 0 Å². The average molecular weight is 276 g/mol. The number of nitrogens with zero attached hydrogens (tertiary/aromatic N) is 2. The number of anilines is 1. The van der Waals surface area contributed by atoms with Gasteiger partial charge in [0.2, 0.25) is 5.91 Å². The Bertz CT molecular complexity index is 444. The molecule has 0 bridgehead atoms. The van der Waals surface area contributed by atoms with Gasteiger partial charge in [0.25, 0.3) is 0 Å². The quantitative estimate of drug-likeness (QED) is 0.847. The molecule has 5 heteroatoms. The van der Waals surface area contributed by atoms with E-state index in [2.05, 4.69) is 35.5 Å². The molecule has 0 spiro atoms. The summed E-state index contributed by atoms with van der Waals surface area (Å²) in [5.41, 5.74) is 1.17. The number of nitrogens with one attached hydrogen (secondary N) is 2. The van der Waals surface area contributed by atoms with Crippen LogP contribution in [0.2, 0.25) is 0 Å². The fourth-order valence-corrected chi connectivity index (χ4v) is 2.29. The van der Waals surface area contributed by atoms with E-state index in [1.807, 2.05) is 24.1 Å². The van der Waals surface area contributed by atoms with Gasteiger partial charge in [-0.2, -0.15) is 0 Å². The Labute approximate surface area is 120 Å². The first-order chi connectivity index (χ1) is 9.58. The van der Waals surface area contributed by atoms with E-state index in [-0.39, 0.29) is 11.9 Å². The molecule has 0 radical (unpaired) electrons. The van der Waals surface area contributed by atoms with E-state index in [1.165, 1.54) is 5.56 Å². The van der Waals surface area contributed by atoms with Gasteiger partial charge in [-0.15, -0.1) is 0 Å². The molecule has 1 amide bonds. The van der Waals surface area contributed by atoms with Gasteiger partial charge in [0.15, 0.2) is 0 Å². The SMILES string of the molecule is CC(C)CNCc1ccc(N2CCNC(=O)C2C)nc1. The highest BCUT2D eigenvalue weighted by Gasteiger charge is 2.26. The standard InChI is InChI=1S/C15H24N4O/c1-11(2)8-16-9-13-4-5-14(18-10-13)19-7-6-17-15(20)12(19)3/h4-5,10-12,16H,6-9H2,1-3H3,(H,17,20). The molecule has 0 aliphatic carbocycles. The lowest BCUT2D eigenvalue weighted by Crippen LogP contribution is -2.54. The summed E-state index contributed by atoms with van der Waals surface area (Å²) >= 11 is 0. The van der Waals surface area contributed by atoms with Gasteiger partial charge in [0.05, 0.1) is 0 Å². The van der Waals surface area contributed by atoms with E-state index in [9.17, 15) is 4.79 Å². The van der Waals surface area contributed by atoms with Gasteiger partial charge in [0, 0.05) is 25.8 Å². The minimum Gasteiger partial charge on any atom is -0.353 e. The van der Waals surface area contributed by atoms with Crippen LogP contribution in [0.1, 0.15) is 26.3 Å². The summed E-state index contributed by atoms with van der Waals surface area (Å²) in [4.78, 5) is 18.2. The lowest BCUT2D eigenvalue weighted by Gasteiger charge is -2.33. The first kappa shape index (κ1) is 14.8. The Morgan fingerprint density at radius 3 is 2.95 bits per heavy atom. The van der Waals surface area contributed by atoms with Crippen LogP contribution in [-0.4, -0.2) is 36.6 Å². The molecule has 0 saturated carbocycles. The van der Waals surface area contributed by atoms with Crippen LogP contribution in [0.25, 0.3) is 0 Å². The topological polar surface area (TPSA) is 57.3 Å². The van der Waals surface area contributed by atoms with Gasteiger partial charge in [-0.05, 0) is 31.0 Å². The van der Waals surface area contributed by atoms with Crippen molar-refractivity contribution in [3.63, 3.8) is 0 Å². The molecule has 20 heavy (non-hydrogen) atoms. The van der Waals surface area contributed by atoms with Crippen LogP contribution in [0, 0.1) is 5.92 Å². The minimum atomic E-state index is -0.152. The summed E-state index contributed by atoms with van der Waals surface area (Å²) in [6, 6.07) is 3.93. The monoisotopic (exact) mass is 276 g/mol. The summed E-state index contributed by atoms with van der Waals surface area (Å²) in [6.45, 7) is 9.63. The summed E-state index contributed by atoms with van der Waals surface area (Å²) in [5, 5.41) is 6.26. The number of carbonyl (C=O) groups excluding carboxylic acids is 1. The molecule has 1 aromatic heterocycles. The predicted octanol–water partition coefficient (Wildman–Crippen LogP) is 1.15. The molecule has 110 valence electrons. The van der Waals surface area contributed by atoms with Crippen molar-refractivity contribution in [1.29, 1.82) is 0 Å². The maximum Gasteiger partial charge on any atom is 0.242 e. The minimum absolute atomic E-state index is 0.0701. The molecule has 1 atom stereocenters. The molecule has 2 rings (SSSR count).